The number of hydrogen-bond donors (Lipinski definition) is 1. The standard InChI is InChI=1S/C17H21F3N2O2/c1-15(2,3)24-14(23)22-9-16(10-22)8-21-13(16)11-4-6-12(7-5-11)17(18,19)20/h4-7,13,21H,8-10H2,1-3H3. The minimum absolute atomic E-state index is 0.0292. The maximum atomic E-state index is 12.6. The number of hydrogen-bond acceptors (Lipinski definition) is 3. The molecule has 0 aliphatic carbocycles. The largest absolute Gasteiger partial charge is 0.444 e. The molecule has 4 nitrogen and oxygen atoms in total. The van der Waals surface area contributed by atoms with E-state index in [2.05, 4.69) is 5.32 Å². The lowest BCUT2D eigenvalue weighted by molar-refractivity contribution is -0.137. The van der Waals surface area contributed by atoms with E-state index < -0.39 is 17.3 Å². The molecule has 0 saturated carbocycles. The quantitative estimate of drug-likeness (QED) is 0.848. The lowest BCUT2D eigenvalue weighted by Crippen LogP contribution is -2.73. The first-order valence-corrected chi connectivity index (χ1v) is 7.89. The van der Waals surface area contributed by atoms with E-state index in [9.17, 15) is 18.0 Å². The van der Waals surface area contributed by atoms with Gasteiger partial charge in [-0.2, -0.15) is 13.2 Å². The maximum Gasteiger partial charge on any atom is 0.416 e. The van der Waals surface area contributed by atoms with Crippen LogP contribution >= 0.6 is 0 Å². The average Bonchev–Trinajstić information content (AvgIpc) is 2.33. The number of halogens is 3. The maximum absolute atomic E-state index is 12.6. The molecule has 0 aromatic heterocycles. The van der Waals surface area contributed by atoms with E-state index in [1.54, 1.807) is 4.90 Å². The molecular formula is C17H21F3N2O2. The Balaban J connectivity index is 1.63. The summed E-state index contributed by atoms with van der Waals surface area (Å²) in [6.07, 6.45) is -4.67. The Morgan fingerprint density at radius 2 is 1.79 bits per heavy atom. The van der Waals surface area contributed by atoms with Crippen LogP contribution in [0.4, 0.5) is 18.0 Å². The lowest BCUT2D eigenvalue weighted by Gasteiger charge is -2.60. The highest BCUT2D eigenvalue weighted by Gasteiger charge is 2.57. The summed E-state index contributed by atoms with van der Waals surface area (Å²) in [7, 11) is 0. The van der Waals surface area contributed by atoms with Crippen molar-refractivity contribution in [2.45, 2.75) is 38.6 Å². The normalized spacial score (nSPS) is 22.8. The topological polar surface area (TPSA) is 41.6 Å². The predicted molar refractivity (Wildman–Crippen MR) is 82.4 cm³/mol. The van der Waals surface area contributed by atoms with Crippen LogP contribution in [0.1, 0.15) is 37.9 Å². The lowest BCUT2D eigenvalue weighted by atomic mass is 9.65. The molecule has 1 atom stereocenters. The molecule has 1 unspecified atom stereocenters. The van der Waals surface area contributed by atoms with Crippen molar-refractivity contribution in [3.8, 4) is 0 Å². The summed E-state index contributed by atoms with van der Waals surface area (Å²) in [6, 6.07) is 5.20. The summed E-state index contributed by atoms with van der Waals surface area (Å²) in [5.41, 5.74) is -0.469. The third-order valence-corrected chi connectivity index (χ3v) is 4.51. The minimum atomic E-state index is -4.33. The molecule has 0 radical (unpaired) electrons. The van der Waals surface area contributed by atoms with Gasteiger partial charge < -0.3 is 15.0 Å². The van der Waals surface area contributed by atoms with Gasteiger partial charge in [0, 0.05) is 31.1 Å². The van der Waals surface area contributed by atoms with Crippen LogP contribution in [0.3, 0.4) is 0 Å². The van der Waals surface area contributed by atoms with Crippen LogP contribution in [0.25, 0.3) is 0 Å². The Kier molecular flexibility index (Phi) is 3.82. The summed E-state index contributed by atoms with van der Waals surface area (Å²) >= 11 is 0. The molecule has 2 heterocycles. The van der Waals surface area contributed by atoms with Crippen LogP contribution in [0, 0.1) is 5.41 Å². The third kappa shape index (κ3) is 3.09. The predicted octanol–water partition coefficient (Wildman–Crippen LogP) is 3.59. The second-order valence-corrected chi connectivity index (χ2v) is 7.63. The summed E-state index contributed by atoms with van der Waals surface area (Å²) in [6.45, 7) is 7.31. The van der Waals surface area contributed by atoms with Crippen molar-refractivity contribution >= 4 is 6.09 Å². The Morgan fingerprint density at radius 3 is 2.21 bits per heavy atom. The molecule has 7 heteroatoms. The molecular weight excluding hydrogens is 321 g/mol. The fraction of sp³-hybridized carbons (Fsp3) is 0.588. The number of nitrogens with zero attached hydrogens (tertiary/aromatic N) is 1. The van der Waals surface area contributed by atoms with Gasteiger partial charge in [0.05, 0.1) is 5.56 Å². The van der Waals surface area contributed by atoms with Crippen molar-refractivity contribution in [2.75, 3.05) is 19.6 Å². The van der Waals surface area contributed by atoms with Crippen molar-refractivity contribution in [1.29, 1.82) is 0 Å². The van der Waals surface area contributed by atoms with Crippen molar-refractivity contribution in [3.63, 3.8) is 0 Å². The summed E-state index contributed by atoms with van der Waals surface area (Å²) in [4.78, 5) is 13.7. The van der Waals surface area contributed by atoms with Crippen molar-refractivity contribution in [1.82, 2.24) is 10.2 Å². The first-order valence-electron chi connectivity index (χ1n) is 7.89. The van der Waals surface area contributed by atoms with Crippen molar-refractivity contribution in [2.24, 2.45) is 5.41 Å². The third-order valence-electron chi connectivity index (χ3n) is 4.51. The Bertz CT molecular complexity index is 629. The van der Waals surface area contributed by atoms with Gasteiger partial charge >= 0.3 is 12.3 Å². The highest BCUT2D eigenvalue weighted by atomic mass is 19.4. The van der Waals surface area contributed by atoms with Crippen molar-refractivity contribution in [3.05, 3.63) is 35.4 Å². The highest BCUT2D eigenvalue weighted by molar-refractivity contribution is 5.69. The number of likely N-dealkylation sites (tertiary alicyclic amines) is 1. The number of nitrogens with one attached hydrogen (secondary N) is 1. The van der Waals surface area contributed by atoms with Gasteiger partial charge in [-0.25, -0.2) is 4.79 Å². The Labute approximate surface area is 139 Å². The van der Waals surface area contributed by atoms with Gasteiger partial charge in [0.15, 0.2) is 0 Å². The fourth-order valence-corrected chi connectivity index (χ4v) is 3.29. The van der Waals surface area contributed by atoms with Gasteiger partial charge in [0.25, 0.3) is 0 Å². The molecule has 3 rings (SSSR count). The van der Waals surface area contributed by atoms with Gasteiger partial charge in [-0.15, -0.1) is 0 Å². The monoisotopic (exact) mass is 342 g/mol. The summed E-state index contributed by atoms with van der Waals surface area (Å²) in [5, 5.41) is 3.26. The van der Waals surface area contributed by atoms with Crippen LogP contribution in [0.15, 0.2) is 24.3 Å². The number of benzene rings is 1. The van der Waals surface area contributed by atoms with E-state index in [0.717, 1.165) is 24.2 Å². The van der Waals surface area contributed by atoms with E-state index in [4.69, 9.17) is 4.74 Å². The molecule has 1 spiro atoms. The van der Waals surface area contributed by atoms with Crippen molar-refractivity contribution < 1.29 is 22.7 Å². The van der Waals surface area contributed by atoms with E-state index >= 15 is 0 Å². The van der Waals surface area contributed by atoms with Gasteiger partial charge in [-0.3, -0.25) is 0 Å². The number of carbonyl (C=O) groups excluding carboxylic acids is 1. The molecule has 24 heavy (non-hydrogen) atoms. The molecule has 0 bridgehead atoms. The molecule has 1 aromatic rings. The van der Waals surface area contributed by atoms with Crippen LogP contribution in [-0.4, -0.2) is 36.2 Å². The van der Waals surface area contributed by atoms with Gasteiger partial charge in [0.2, 0.25) is 0 Å². The molecule has 1 aromatic carbocycles. The Hall–Kier alpha value is -1.76. The zero-order valence-electron chi connectivity index (χ0n) is 13.9. The van der Waals surface area contributed by atoms with E-state index in [0.29, 0.717) is 13.1 Å². The minimum Gasteiger partial charge on any atom is -0.444 e. The molecule has 132 valence electrons. The van der Waals surface area contributed by atoms with Crippen LogP contribution in [-0.2, 0) is 10.9 Å². The zero-order valence-corrected chi connectivity index (χ0v) is 13.9. The van der Waals surface area contributed by atoms with Gasteiger partial charge in [0.1, 0.15) is 5.60 Å². The molecule has 2 aliphatic heterocycles. The zero-order chi connectivity index (χ0) is 17.8. The molecule has 1 amide bonds. The highest BCUT2D eigenvalue weighted by Crippen LogP contribution is 2.48. The van der Waals surface area contributed by atoms with E-state index in [-0.39, 0.29) is 17.6 Å². The number of rotatable bonds is 1. The fourth-order valence-electron chi connectivity index (χ4n) is 3.29. The molecule has 2 saturated heterocycles. The average molecular weight is 342 g/mol. The number of alkyl halides is 3. The second-order valence-electron chi connectivity index (χ2n) is 7.63. The van der Waals surface area contributed by atoms with Crippen LogP contribution in [0.5, 0.6) is 0 Å². The van der Waals surface area contributed by atoms with Gasteiger partial charge in [-0.1, -0.05) is 12.1 Å². The first kappa shape index (κ1) is 17.1. The number of carbonyl (C=O) groups is 1. The summed E-state index contributed by atoms with van der Waals surface area (Å²) < 4.78 is 43.3. The first-order chi connectivity index (χ1) is 11.0. The molecule has 2 aliphatic rings. The van der Waals surface area contributed by atoms with Crippen LogP contribution < -0.4 is 5.32 Å². The van der Waals surface area contributed by atoms with E-state index in [1.165, 1.54) is 12.1 Å². The molecule has 1 N–H and O–H groups in total. The molecule has 2 fully saturated rings. The SMILES string of the molecule is CC(C)(C)OC(=O)N1CC2(CNC2c2ccc(C(F)(F)F)cc2)C1. The van der Waals surface area contributed by atoms with Crippen LogP contribution in [0.2, 0.25) is 0 Å². The van der Waals surface area contributed by atoms with Gasteiger partial charge in [-0.05, 0) is 38.5 Å². The number of amides is 1. The Morgan fingerprint density at radius 1 is 1.21 bits per heavy atom. The second kappa shape index (κ2) is 5.37. The number of ether oxygens (including phenoxy) is 1. The van der Waals surface area contributed by atoms with E-state index in [1.807, 2.05) is 20.8 Å². The summed E-state index contributed by atoms with van der Waals surface area (Å²) in [5.74, 6) is 0. The smallest absolute Gasteiger partial charge is 0.416 e.